The summed E-state index contributed by atoms with van der Waals surface area (Å²) in [4.78, 5) is 12.0. The fraction of sp³-hybridized carbons (Fsp3) is 0.533. The number of ether oxygens (including phenoxy) is 1. The quantitative estimate of drug-likeness (QED) is 0.477. The smallest absolute Gasteiger partial charge is 0.312 e. The summed E-state index contributed by atoms with van der Waals surface area (Å²) in [5.74, 6) is -0.0293. The van der Waals surface area contributed by atoms with E-state index in [1.807, 2.05) is 24.3 Å². The van der Waals surface area contributed by atoms with Gasteiger partial charge in [-0.3, -0.25) is 4.79 Å². The van der Waals surface area contributed by atoms with Gasteiger partial charge < -0.3 is 10.5 Å². The molecule has 1 aromatic carbocycles. The summed E-state index contributed by atoms with van der Waals surface area (Å²) in [5.41, 5.74) is 7.37. The second-order valence-corrected chi connectivity index (χ2v) is 5.19. The molecule has 0 radical (unpaired) electrons. The number of anilines is 1. The molecule has 0 spiro atoms. The Morgan fingerprint density at radius 3 is 2.83 bits per heavy atom. The van der Waals surface area contributed by atoms with Gasteiger partial charge in [0.05, 0.1) is 12.0 Å². The van der Waals surface area contributed by atoms with E-state index in [1.54, 1.807) is 0 Å². The Balaban J connectivity index is 1.93. The first-order chi connectivity index (χ1) is 8.66. The van der Waals surface area contributed by atoms with Gasteiger partial charge in [0.1, 0.15) is 0 Å². The first-order valence-electron chi connectivity index (χ1n) is 6.68. The summed E-state index contributed by atoms with van der Waals surface area (Å²) in [6.45, 7) is 2.64. The minimum atomic E-state index is -0.262. The van der Waals surface area contributed by atoms with Crippen molar-refractivity contribution in [3.63, 3.8) is 0 Å². The third kappa shape index (κ3) is 3.03. The van der Waals surface area contributed by atoms with Crippen LogP contribution in [0.2, 0.25) is 0 Å². The summed E-state index contributed by atoms with van der Waals surface area (Å²) in [6, 6.07) is 7.76. The molecule has 98 valence electrons. The largest absolute Gasteiger partial charge is 0.465 e. The molecule has 0 aromatic heterocycles. The number of esters is 1. The third-order valence-corrected chi connectivity index (χ3v) is 3.51. The molecule has 3 heteroatoms. The van der Waals surface area contributed by atoms with Crippen molar-refractivity contribution in [2.24, 2.45) is 5.41 Å². The molecule has 1 saturated carbocycles. The van der Waals surface area contributed by atoms with Gasteiger partial charge in [0, 0.05) is 5.69 Å². The van der Waals surface area contributed by atoms with Gasteiger partial charge in [0.2, 0.25) is 0 Å². The summed E-state index contributed by atoms with van der Waals surface area (Å²) in [5, 5.41) is 0. The number of nitrogens with two attached hydrogens (primary N) is 1. The highest BCUT2D eigenvalue weighted by Gasteiger charge is 2.51. The van der Waals surface area contributed by atoms with E-state index in [0.29, 0.717) is 6.61 Å². The van der Waals surface area contributed by atoms with E-state index in [-0.39, 0.29) is 11.4 Å². The van der Waals surface area contributed by atoms with E-state index >= 15 is 0 Å². The van der Waals surface area contributed by atoms with Crippen LogP contribution in [0, 0.1) is 5.41 Å². The highest BCUT2D eigenvalue weighted by Crippen LogP contribution is 2.49. The lowest BCUT2D eigenvalue weighted by atomic mass is 9.96. The minimum absolute atomic E-state index is 0.0293. The Morgan fingerprint density at radius 2 is 2.22 bits per heavy atom. The van der Waals surface area contributed by atoms with E-state index in [9.17, 15) is 4.79 Å². The Kier molecular flexibility index (Phi) is 3.90. The zero-order valence-corrected chi connectivity index (χ0v) is 10.9. The molecule has 18 heavy (non-hydrogen) atoms. The van der Waals surface area contributed by atoms with Crippen molar-refractivity contribution in [3.05, 3.63) is 29.8 Å². The van der Waals surface area contributed by atoms with Gasteiger partial charge >= 0.3 is 5.97 Å². The molecule has 0 atom stereocenters. The normalized spacial score (nSPS) is 16.3. The average Bonchev–Trinajstić information content (AvgIpc) is 3.10. The standard InChI is InChI=1S/C15H21NO2/c1-2-3-9-18-14(17)15(7-8-15)11-12-5-4-6-13(16)10-12/h4-6,10H,2-3,7-9,11,16H2,1H3. The number of unbranched alkanes of at least 4 members (excludes halogenated alkanes) is 1. The SMILES string of the molecule is CCCCOC(=O)C1(Cc2cccc(N)c2)CC1. The molecule has 0 heterocycles. The van der Waals surface area contributed by atoms with Crippen LogP contribution in [0.1, 0.15) is 38.2 Å². The Bertz CT molecular complexity index is 424. The number of hydrogen-bond acceptors (Lipinski definition) is 3. The van der Waals surface area contributed by atoms with Crippen LogP contribution < -0.4 is 5.73 Å². The highest BCUT2D eigenvalue weighted by molar-refractivity contribution is 5.80. The van der Waals surface area contributed by atoms with Gasteiger partial charge in [-0.1, -0.05) is 25.5 Å². The summed E-state index contributed by atoms with van der Waals surface area (Å²) < 4.78 is 5.34. The van der Waals surface area contributed by atoms with E-state index < -0.39 is 0 Å². The van der Waals surface area contributed by atoms with Crippen LogP contribution in [-0.4, -0.2) is 12.6 Å². The number of hydrogen-bond donors (Lipinski definition) is 1. The Labute approximate surface area is 108 Å². The number of carbonyl (C=O) groups excluding carboxylic acids is 1. The number of benzene rings is 1. The van der Waals surface area contributed by atoms with Crippen LogP contribution >= 0.6 is 0 Å². The fourth-order valence-electron chi connectivity index (χ4n) is 2.16. The molecular formula is C15H21NO2. The molecule has 3 nitrogen and oxygen atoms in total. The maximum Gasteiger partial charge on any atom is 0.312 e. The zero-order chi connectivity index (χ0) is 13.0. The van der Waals surface area contributed by atoms with E-state index in [2.05, 4.69) is 6.92 Å². The molecule has 0 amide bonds. The molecule has 0 saturated heterocycles. The maximum absolute atomic E-state index is 12.0. The lowest BCUT2D eigenvalue weighted by molar-refractivity contribution is -0.150. The fourth-order valence-corrected chi connectivity index (χ4v) is 2.16. The van der Waals surface area contributed by atoms with E-state index in [4.69, 9.17) is 10.5 Å². The van der Waals surface area contributed by atoms with Gasteiger partial charge in [-0.2, -0.15) is 0 Å². The number of carbonyl (C=O) groups is 1. The van der Waals surface area contributed by atoms with Crippen molar-refractivity contribution >= 4 is 11.7 Å². The Morgan fingerprint density at radius 1 is 1.44 bits per heavy atom. The molecule has 0 aliphatic heterocycles. The van der Waals surface area contributed by atoms with Crippen LogP contribution in [0.15, 0.2) is 24.3 Å². The molecule has 1 aliphatic carbocycles. The maximum atomic E-state index is 12.0. The first-order valence-corrected chi connectivity index (χ1v) is 6.68. The van der Waals surface area contributed by atoms with Crippen molar-refractivity contribution in [1.29, 1.82) is 0 Å². The second kappa shape index (κ2) is 5.42. The van der Waals surface area contributed by atoms with Gasteiger partial charge in [0.15, 0.2) is 0 Å². The van der Waals surface area contributed by atoms with Crippen molar-refractivity contribution in [2.45, 2.75) is 39.0 Å². The molecule has 1 aromatic rings. The first kappa shape index (κ1) is 12.9. The monoisotopic (exact) mass is 247 g/mol. The molecule has 1 fully saturated rings. The predicted molar refractivity (Wildman–Crippen MR) is 72.1 cm³/mol. The molecule has 2 rings (SSSR count). The van der Waals surface area contributed by atoms with Crippen molar-refractivity contribution < 1.29 is 9.53 Å². The molecule has 1 aliphatic rings. The van der Waals surface area contributed by atoms with Crippen molar-refractivity contribution in [3.8, 4) is 0 Å². The van der Waals surface area contributed by atoms with Crippen molar-refractivity contribution in [2.75, 3.05) is 12.3 Å². The topological polar surface area (TPSA) is 52.3 Å². The van der Waals surface area contributed by atoms with E-state index in [1.165, 1.54) is 0 Å². The second-order valence-electron chi connectivity index (χ2n) is 5.19. The average molecular weight is 247 g/mol. The predicted octanol–water partition coefficient (Wildman–Crippen LogP) is 2.93. The lowest BCUT2D eigenvalue weighted by Crippen LogP contribution is -2.22. The summed E-state index contributed by atoms with van der Waals surface area (Å²) in [7, 11) is 0. The molecule has 0 unspecified atom stereocenters. The number of rotatable bonds is 6. The van der Waals surface area contributed by atoms with E-state index in [0.717, 1.165) is 43.4 Å². The van der Waals surface area contributed by atoms with Gasteiger partial charge in [0.25, 0.3) is 0 Å². The molecule has 0 bridgehead atoms. The van der Waals surface area contributed by atoms with Crippen LogP contribution in [0.3, 0.4) is 0 Å². The van der Waals surface area contributed by atoms with Crippen LogP contribution in [-0.2, 0) is 16.0 Å². The highest BCUT2D eigenvalue weighted by atomic mass is 16.5. The Hall–Kier alpha value is -1.51. The van der Waals surface area contributed by atoms with Crippen LogP contribution in [0.4, 0.5) is 5.69 Å². The van der Waals surface area contributed by atoms with Crippen LogP contribution in [0.25, 0.3) is 0 Å². The van der Waals surface area contributed by atoms with Gasteiger partial charge in [-0.25, -0.2) is 0 Å². The third-order valence-electron chi connectivity index (χ3n) is 3.51. The summed E-state index contributed by atoms with van der Waals surface area (Å²) >= 11 is 0. The van der Waals surface area contributed by atoms with Crippen LogP contribution in [0.5, 0.6) is 0 Å². The van der Waals surface area contributed by atoms with Gasteiger partial charge in [-0.15, -0.1) is 0 Å². The number of nitrogen functional groups attached to an aromatic ring is 1. The van der Waals surface area contributed by atoms with Gasteiger partial charge in [-0.05, 0) is 43.4 Å². The lowest BCUT2D eigenvalue weighted by Gasteiger charge is -2.14. The molecule has 2 N–H and O–H groups in total. The zero-order valence-electron chi connectivity index (χ0n) is 10.9. The van der Waals surface area contributed by atoms with Crippen molar-refractivity contribution in [1.82, 2.24) is 0 Å². The molecular weight excluding hydrogens is 226 g/mol. The minimum Gasteiger partial charge on any atom is -0.465 e. The summed E-state index contributed by atoms with van der Waals surface area (Å²) in [6.07, 6.45) is 4.62.